The minimum absolute atomic E-state index is 0.0107. The molecule has 0 aromatic heterocycles. The first-order valence-electron chi connectivity index (χ1n) is 13.3. The number of aliphatic hydroxyl groups excluding tert-OH is 1. The Labute approximate surface area is 181 Å². The van der Waals surface area contributed by atoms with Crippen molar-refractivity contribution in [2.75, 3.05) is 0 Å². The van der Waals surface area contributed by atoms with E-state index in [9.17, 15) is 5.11 Å². The van der Waals surface area contributed by atoms with Crippen LogP contribution in [0.25, 0.3) is 0 Å². The van der Waals surface area contributed by atoms with Gasteiger partial charge >= 0.3 is 0 Å². The number of fused-ring (bicyclic) bond motifs is 5. The van der Waals surface area contributed by atoms with Gasteiger partial charge in [-0.15, -0.1) is 0 Å². The van der Waals surface area contributed by atoms with Gasteiger partial charge in [0.25, 0.3) is 0 Å². The van der Waals surface area contributed by atoms with E-state index >= 15 is 0 Å². The number of hydrogen-bond acceptors (Lipinski definition) is 1. The predicted octanol–water partition coefficient (Wildman–Crippen LogP) is 7.71. The molecule has 0 amide bonds. The zero-order chi connectivity index (χ0) is 21.0. The third-order valence-electron chi connectivity index (χ3n) is 11.6. The zero-order valence-corrected chi connectivity index (χ0v) is 20.4. The van der Waals surface area contributed by atoms with Gasteiger partial charge in [-0.05, 0) is 116 Å². The van der Waals surface area contributed by atoms with E-state index in [0.717, 1.165) is 60.2 Å². The van der Waals surface area contributed by atoms with Crippen LogP contribution in [0.2, 0.25) is 0 Å². The second-order valence-electron chi connectivity index (χ2n) is 13.1. The van der Waals surface area contributed by atoms with Crippen LogP contribution in [-0.2, 0) is 0 Å². The Hall–Kier alpha value is -0.0400. The molecule has 168 valence electrons. The second kappa shape index (κ2) is 8.14. The standard InChI is InChI=1S/C28H50O/c1-18(2)19(3)7-8-20(4)24-11-12-25-23-10-9-21-17-22(29)13-15-27(21,5)26(23)14-16-28(24,25)6/h18-26,29H,7-17H2,1-6H3/t19-,20+,21?,22?,23-,24+,25-,26-,27-,28+/m0/s1. The van der Waals surface area contributed by atoms with Crippen LogP contribution in [0.4, 0.5) is 0 Å². The third kappa shape index (κ3) is 3.74. The summed E-state index contributed by atoms with van der Waals surface area (Å²) >= 11 is 0. The topological polar surface area (TPSA) is 20.2 Å². The summed E-state index contributed by atoms with van der Waals surface area (Å²) in [6, 6.07) is 0. The molecule has 4 rings (SSSR count). The highest BCUT2D eigenvalue weighted by Gasteiger charge is 2.60. The van der Waals surface area contributed by atoms with Gasteiger partial charge in [0.05, 0.1) is 6.10 Å². The summed E-state index contributed by atoms with van der Waals surface area (Å²) in [6.45, 7) is 15.2. The molecule has 2 unspecified atom stereocenters. The summed E-state index contributed by atoms with van der Waals surface area (Å²) in [5.74, 6) is 7.28. The van der Waals surface area contributed by atoms with Gasteiger partial charge < -0.3 is 5.11 Å². The van der Waals surface area contributed by atoms with Crippen molar-refractivity contribution in [1.82, 2.24) is 0 Å². The van der Waals surface area contributed by atoms with Gasteiger partial charge in [0.1, 0.15) is 0 Å². The SMILES string of the molecule is CC(C)[C@@H](C)CC[C@@H](C)[C@H]1CC[C@H]2[C@@H]3CCC4CC(O)CC[C@]4(C)[C@H]3CC[C@]12C. The molecule has 4 saturated carbocycles. The molecule has 10 atom stereocenters. The van der Waals surface area contributed by atoms with Crippen LogP contribution in [0.15, 0.2) is 0 Å². The highest BCUT2D eigenvalue weighted by molar-refractivity contribution is 5.09. The van der Waals surface area contributed by atoms with Gasteiger partial charge in [0.2, 0.25) is 0 Å². The van der Waals surface area contributed by atoms with E-state index in [4.69, 9.17) is 0 Å². The Morgan fingerprint density at radius 2 is 1.48 bits per heavy atom. The smallest absolute Gasteiger partial charge is 0.0543 e. The summed E-state index contributed by atoms with van der Waals surface area (Å²) in [4.78, 5) is 0. The normalized spacial score (nSPS) is 49.2. The Bertz CT molecular complexity index is 569. The molecule has 0 bridgehead atoms. The molecule has 1 nitrogen and oxygen atoms in total. The molecule has 0 radical (unpaired) electrons. The van der Waals surface area contributed by atoms with Crippen LogP contribution in [-0.4, -0.2) is 11.2 Å². The predicted molar refractivity (Wildman–Crippen MR) is 124 cm³/mol. The molecule has 0 aliphatic heterocycles. The van der Waals surface area contributed by atoms with Crippen molar-refractivity contribution >= 4 is 0 Å². The summed E-state index contributed by atoms with van der Waals surface area (Å²) in [5, 5.41) is 10.3. The minimum Gasteiger partial charge on any atom is -0.393 e. The summed E-state index contributed by atoms with van der Waals surface area (Å²) < 4.78 is 0. The van der Waals surface area contributed by atoms with Gasteiger partial charge in [-0.3, -0.25) is 0 Å². The zero-order valence-electron chi connectivity index (χ0n) is 20.4. The number of rotatable bonds is 5. The summed E-state index contributed by atoms with van der Waals surface area (Å²) in [6.07, 6.45) is 15.1. The van der Waals surface area contributed by atoms with Gasteiger partial charge in [-0.2, -0.15) is 0 Å². The quantitative estimate of drug-likeness (QED) is 0.499. The average Bonchev–Trinajstić information content (AvgIpc) is 3.03. The average molecular weight is 403 g/mol. The largest absolute Gasteiger partial charge is 0.393 e. The van der Waals surface area contributed by atoms with E-state index in [1.165, 1.54) is 57.8 Å². The molecule has 4 aliphatic carbocycles. The van der Waals surface area contributed by atoms with Crippen molar-refractivity contribution < 1.29 is 5.11 Å². The first-order chi connectivity index (χ1) is 13.7. The fourth-order valence-electron chi connectivity index (χ4n) is 9.27. The molecule has 0 aromatic rings. The third-order valence-corrected chi connectivity index (χ3v) is 11.6. The molecule has 1 N–H and O–H groups in total. The maximum absolute atomic E-state index is 10.3. The van der Waals surface area contributed by atoms with Crippen LogP contribution in [0, 0.1) is 58.2 Å². The van der Waals surface area contributed by atoms with Crippen molar-refractivity contribution in [2.24, 2.45) is 58.2 Å². The van der Waals surface area contributed by atoms with E-state index in [2.05, 4.69) is 41.5 Å². The first kappa shape index (κ1) is 22.2. The molecule has 0 saturated heterocycles. The van der Waals surface area contributed by atoms with E-state index < -0.39 is 0 Å². The van der Waals surface area contributed by atoms with E-state index in [-0.39, 0.29) is 6.10 Å². The monoisotopic (exact) mass is 402 g/mol. The Balaban J connectivity index is 1.46. The van der Waals surface area contributed by atoms with Crippen LogP contribution < -0.4 is 0 Å². The van der Waals surface area contributed by atoms with Gasteiger partial charge in [-0.25, -0.2) is 0 Å². The lowest BCUT2D eigenvalue weighted by Crippen LogP contribution is -2.54. The molecule has 0 spiro atoms. The Morgan fingerprint density at radius 3 is 2.21 bits per heavy atom. The van der Waals surface area contributed by atoms with Gasteiger partial charge in [0.15, 0.2) is 0 Å². The Kier molecular flexibility index (Phi) is 6.22. The van der Waals surface area contributed by atoms with Crippen LogP contribution in [0.1, 0.15) is 112 Å². The highest BCUT2D eigenvalue weighted by Crippen LogP contribution is 2.68. The van der Waals surface area contributed by atoms with E-state index in [1.54, 1.807) is 0 Å². The molecule has 4 aliphatic rings. The summed E-state index contributed by atoms with van der Waals surface area (Å²) in [5.41, 5.74) is 1.14. The van der Waals surface area contributed by atoms with Crippen LogP contribution >= 0.6 is 0 Å². The van der Waals surface area contributed by atoms with Crippen molar-refractivity contribution in [3.05, 3.63) is 0 Å². The van der Waals surface area contributed by atoms with Gasteiger partial charge in [-0.1, -0.05) is 54.4 Å². The fourth-order valence-corrected chi connectivity index (χ4v) is 9.27. The van der Waals surface area contributed by atoms with Crippen molar-refractivity contribution in [2.45, 2.75) is 118 Å². The molecular weight excluding hydrogens is 352 g/mol. The number of aliphatic hydroxyl groups is 1. The minimum atomic E-state index is -0.0107. The molecule has 29 heavy (non-hydrogen) atoms. The van der Waals surface area contributed by atoms with Crippen molar-refractivity contribution in [1.29, 1.82) is 0 Å². The molecule has 1 heteroatoms. The molecule has 0 aromatic carbocycles. The highest BCUT2D eigenvalue weighted by atomic mass is 16.3. The van der Waals surface area contributed by atoms with Crippen LogP contribution in [0.3, 0.4) is 0 Å². The maximum Gasteiger partial charge on any atom is 0.0543 e. The lowest BCUT2D eigenvalue weighted by Gasteiger charge is -2.61. The van der Waals surface area contributed by atoms with Crippen molar-refractivity contribution in [3.63, 3.8) is 0 Å². The lowest BCUT2D eigenvalue weighted by atomic mass is 9.44. The molecule has 0 heterocycles. The summed E-state index contributed by atoms with van der Waals surface area (Å²) in [7, 11) is 0. The number of hydrogen-bond donors (Lipinski definition) is 1. The Morgan fingerprint density at radius 1 is 0.793 bits per heavy atom. The van der Waals surface area contributed by atoms with E-state index in [1.807, 2.05) is 0 Å². The van der Waals surface area contributed by atoms with Crippen molar-refractivity contribution in [3.8, 4) is 0 Å². The maximum atomic E-state index is 10.3. The molecular formula is C28H50O. The fraction of sp³-hybridized carbons (Fsp3) is 1.00. The second-order valence-corrected chi connectivity index (χ2v) is 13.1. The van der Waals surface area contributed by atoms with E-state index in [0.29, 0.717) is 10.8 Å². The molecule has 4 fully saturated rings. The van der Waals surface area contributed by atoms with Crippen LogP contribution in [0.5, 0.6) is 0 Å². The van der Waals surface area contributed by atoms with Gasteiger partial charge in [0, 0.05) is 0 Å². The lowest BCUT2D eigenvalue weighted by molar-refractivity contribution is -0.129. The first-order valence-corrected chi connectivity index (χ1v) is 13.3.